The van der Waals surface area contributed by atoms with Crippen LogP contribution < -0.4 is 11.1 Å². The highest BCUT2D eigenvalue weighted by molar-refractivity contribution is 5.95. The maximum atomic E-state index is 13.1. The summed E-state index contributed by atoms with van der Waals surface area (Å²) < 4.78 is 5.16. The molecule has 0 aliphatic heterocycles. The van der Waals surface area contributed by atoms with E-state index in [1.54, 1.807) is 42.5 Å². The van der Waals surface area contributed by atoms with Crippen LogP contribution in [0.2, 0.25) is 0 Å². The third kappa shape index (κ3) is 7.29. The van der Waals surface area contributed by atoms with Crippen molar-refractivity contribution in [1.29, 1.82) is 5.41 Å². The van der Waals surface area contributed by atoms with Crippen LogP contribution in [-0.2, 0) is 16.0 Å². The molecule has 0 aromatic heterocycles. The van der Waals surface area contributed by atoms with E-state index in [4.69, 9.17) is 15.9 Å². The van der Waals surface area contributed by atoms with Crippen molar-refractivity contribution in [3.05, 3.63) is 138 Å². The Hall–Kier alpha value is -4.97. The van der Waals surface area contributed by atoms with Crippen LogP contribution in [0.4, 0.5) is 0 Å². The number of amides is 1. The van der Waals surface area contributed by atoms with Crippen molar-refractivity contribution in [2.24, 2.45) is 11.7 Å². The fraction of sp³-hybridized carbons (Fsp3) is 0.121. The topological polar surface area (TPSA) is 105 Å². The second kappa shape index (κ2) is 13.0. The Morgan fingerprint density at radius 2 is 1.46 bits per heavy atom. The third-order valence-electron chi connectivity index (χ3n) is 6.48. The molecule has 0 saturated carbocycles. The number of ether oxygens (including phenoxy) is 1. The highest BCUT2D eigenvalue weighted by Crippen LogP contribution is 2.22. The van der Waals surface area contributed by atoms with Gasteiger partial charge in [-0.05, 0) is 46.9 Å². The molecule has 2 unspecified atom stereocenters. The summed E-state index contributed by atoms with van der Waals surface area (Å²) in [5.74, 6) is -1.52. The molecular formula is C33H31N3O3. The van der Waals surface area contributed by atoms with Gasteiger partial charge >= 0.3 is 5.97 Å². The molecule has 4 aromatic carbocycles. The van der Waals surface area contributed by atoms with Crippen LogP contribution in [0.15, 0.2) is 115 Å². The first kappa shape index (κ1) is 27.1. The molecule has 2 atom stereocenters. The quantitative estimate of drug-likeness (QED) is 0.147. The van der Waals surface area contributed by atoms with Crippen molar-refractivity contribution in [2.45, 2.75) is 12.5 Å². The minimum Gasteiger partial charge on any atom is -0.469 e. The number of nitrogens with one attached hydrogen (secondary N) is 2. The number of nitrogen functional groups attached to an aromatic ring is 1. The fourth-order valence-electron chi connectivity index (χ4n) is 4.37. The van der Waals surface area contributed by atoms with E-state index in [1.165, 1.54) is 7.11 Å². The van der Waals surface area contributed by atoms with Crippen LogP contribution in [0, 0.1) is 11.3 Å². The smallest absolute Gasteiger partial charge is 0.311 e. The molecule has 39 heavy (non-hydrogen) atoms. The van der Waals surface area contributed by atoms with Crippen LogP contribution >= 0.6 is 0 Å². The Bertz CT molecular complexity index is 1450. The minimum atomic E-state index is -0.718. The van der Waals surface area contributed by atoms with E-state index in [0.717, 1.165) is 22.3 Å². The first-order chi connectivity index (χ1) is 18.9. The van der Waals surface area contributed by atoms with E-state index < -0.39 is 17.9 Å². The summed E-state index contributed by atoms with van der Waals surface area (Å²) >= 11 is 0. The van der Waals surface area contributed by atoms with Crippen molar-refractivity contribution in [3.8, 4) is 11.1 Å². The van der Waals surface area contributed by atoms with Crippen LogP contribution in [0.5, 0.6) is 0 Å². The van der Waals surface area contributed by atoms with Crippen molar-refractivity contribution >= 4 is 23.8 Å². The van der Waals surface area contributed by atoms with Gasteiger partial charge in [0.2, 0.25) is 0 Å². The highest BCUT2D eigenvalue weighted by Gasteiger charge is 2.29. The van der Waals surface area contributed by atoms with Crippen molar-refractivity contribution in [2.75, 3.05) is 7.11 Å². The summed E-state index contributed by atoms with van der Waals surface area (Å²) in [6.45, 7) is 0. The number of benzene rings is 4. The second-order valence-corrected chi connectivity index (χ2v) is 9.16. The summed E-state index contributed by atoms with van der Waals surface area (Å²) in [6, 6.07) is 33.6. The van der Waals surface area contributed by atoms with Crippen molar-refractivity contribution in [1.82, 2.24) is 5.32 Å². The van der Waals surface area contributed by atoms with Gasteiger partial charge in [-0.2, -0.15) is 0 Å². The number of amidine groups is 1. The summed E-state index contributed by atoms with van der Waals surface area (Å²) in [5, 5.41) is 10.8. The number of esters is 1. The van der Waals surface area contributed by atoms with Crippen molar-refractivity contribution in [3.63, 3.8) is 0 Å². The monoisotopic (exact) mass is 517 g/mol. The lowest BCUT2D eigenvalue weighted by Crippen LogP contribution is -2.43. The van der Waals surface area contributed by atoms with Gasteiger partial charge in [-0.15, -0.1) is 0 Å². The molecule has 0 aliphatic carbocycles. The normalized spacial score (nSPS) is 12.4. The number of carbonyl (C=O) groups is 2. The molecule has 4 rings (SSSR count). The molecule has 4 N–H and O–H groups in total. The van der Waals surface area contributed by atoms with E-state index in [9.17, 15) is 9.59 Å². The van der Waals surface area contributed by atoms with Gasteiger partial charge in [0.05, 0.1) is 19.1 Å². The minimum absolute atomic E-state index is 0.0563. The largest absolute Gasteiger partial charge is 0.469 e. The van der Waals surface area contributed by atoms with Crippen LogP contribution in [0.3, 0.4) is 0 Å². The molecule has 196 valence electrons. The molecular weight excluding hydrogens is 486 g/mol. The van der Waals surface area contributed by atoms with Crippen molar-refractivity contribution < 1.29 is 14.3 Å². The van der Waals surface area contributed by atoms with E-state index >= 15 is 0 Å². The van der Waals surface area contributed by atoms with Crippen LogP contribution in [-0.4, -0.2) is 30.9 Å². The maximum absolute atomic E-state index is 13.1. The maximum Gasteiger partial charge on any atom is 0.311 e. The zero-order chi connectivity index (χ0) is 27.6. The molecule has 1 amide bonds. The third-order valence-corrected chi connectivity index (χ3v) is 6.48. The summed E-state index contributed by atoms with van der Waals surface area (Å²) in [7, 11) is 1.34. The number of methoxy groups -OCH3 is 1. The van der Waals surface area contributed by atoms with Gasteiger partial charge in [-0.25, -0.2) is 0 Å². The molecule has 0 spiro atoms. The Balaban J connectivity index is 1.64. The van der Waals surface area contributed by atoms with Crippen LogP contribution in [0.25, 0.3) is 17.2 Å². The molecule has 6 heteroatoms. The average Bonchev–Trinajstić information content (AvgIpc) is 2.99. The number of hydrogen-bond acceptors (Lipinski definition) is 4. The molecule has 0 saturated heterocycles. The van der Waals surface area contributed by atoms with Gasteiger partial charge in [0.25, 0.3) is 5.91 Å². The lowest BCUT2D eigenvalue weighted by Gasteiger charge is -2.24. The van der Waals surface area contributed by atoms with Gasteiger partial charge in [-0.3, -0.25) is 15.0 Å². The molecule has 0 aliphatic rings. The average molecular weight is 518 g/mol. The zero-order valence-electron chi connectivity index (χ0n) is 21.7. The first-order valence-electron chi connectivity index (χ1n) is 12.7. The molecule has 0 heterocycles. The Kier molecular flexibility index (Phi) is 9.03. The molecule has 4 aromatic rings. The number of hydrogen-bond donors (Lipinski definition) is 3. The van der Waals surface area contributed by atoms with E-state index in [0.29, 0.717) is 11.1 Å². The summed E-state index contributed by atoms with van der Waals surface area (Å²) in [5.41, 5.74) is 10.7. The van der Waals surface area contributed by atoms with E-state index in [2.05, 4.69) is 17.4 Å². The standard InChI is InChI=1S/C33H31N3O3/c1-39-33(38)29(22-24-9-8-14-28(21-24)31(34)35)30(36-32(37)27-12-6-3-7-13-27)20-17-23-15-18-26(19-16-23)25-10-4-2-5-11-25/h2-21,29-30H,22H2,1H3,(H3,34,35)(H,36,37). The van der Waals surface area contributed by atoms with Gasteiger partial charge in [0.15, 0.2) is 0 Å². The van der Waals surface area contributed by atoms with Gasteiger partial charge in [0.1, 0.15) is 5.84 Å². The van der Waals surface area contributed by atoms with Gasteiger partial charge in [-0.1, -0.05) is 103 Å². The highest BCUT2D eigenvalue weighted by atomic mass is 16.5. The number of nitrogens with two attached hydrogens (primary N) is 1. The summed E-state index contributed by atoms with van der Waals surface area (Å²) in [6.07, 6.45) is 4.01. The van der Waals surface area contributed by atoms with Crippen LogP contribution in [0.1, 0.15) is 27.0 Å². The Morgan fingerprint density at radius 1 is 0.846 bits per heavy atom. The Labute approximate surface area is 228 Å². The fourth-order valence-corrected chi connectivity index (χ4v) is 4.37. The molecule has 0 bridgehead atoms. The predicted molar refractivity (Wildman–Crippen MR) is 155 cm³/mol. The summed E-state index contributed by atoms with van der Waals surface area (Å²) in [4.78, 5) is 26.2. The van der Waals surface area contributed by atoms with Gasteiger partial charge < -0.3 is 15.8 Å². The second-order valence-electron chi connectivity index (χ2n) is 9.16. The van der Waals surface area contributed by atoms with E-state index in [-0.39, 0.29) is 18.2 Å². The number of rotatable bonds is 10. The first-order valence-corrected chi connectivity index (χ1v) is 12.7. The molecule has 0 fully saturated rings. The lowest BCUT2D eigenvalue weighted by atomic mass is 9.90. The molecule has 0 radical (unpaired) electrons. The number of carbonyl (C=O) groups excluding carboxylic acids is 2. The van der Waals surface area contributed by atoms with E-state index in [1.807, 2.05) is 66.7 Å². The van der Waals surface area contributed by atoms with Gasteiger partial charge in [0, 0.05) is 11.1 Å². The predicted octanol–water partition coefficient (Wildman–Crippen LogP) is 5.48. The zero-order valence-corrected chi connectivity index (χ0v) is 21.7. The lowest BCUT2D eigenvalue weighted by molar-refractivity contribution is -0.145. The SMILES string of the molecule is COC(=O)C(Cc1cccc(C(=N)N)c1)C(C=Cc1ccc(-c2ccccc2)cc1)NC(=O)c1ccccc1. The Morgan fingerprint density at radius 3 is 2.10 bits per heavy atom. The molecule has 6 nitrogen and oxygen atoms in total.